The van der Waals surface area contributed by atoms with Crippen LogP contribution in [0.15, 0.2) is 12.1 Å². The summed E-state index contributed by atoms with van der Waals surface area (Å²) in [6.45, 7) is 8.26. The summed E-state index contributed by atoms with van der Waals surface area (Å²) in [6, 6.07) is 3.89. The van der Waals surface area contributed by atoms with Crippen molar-refractivity contribution in [2.45, 2.75) is 52.4 Å². The van der Waals surface area contributed by atoms with Crippen molar-refractivity contribution >= 4 is 5.78 Å². The Balaban J connectivity index is 2.54. The lowest BCUT2D eigenvalue weighted by molar-refractivity contribution is 0.0964. The highest BCUT2D eigenvalue weighted by molar-refractivity contribution is 6.02. The average molecular weight is 246 g/mol. The lowest BCUT2D eigenvalue weighted by atomic mass is 9.83. The highest BCUT2D eigenvalue weighted by atomic mass is 16.3. The molecule has 2 heteroatoms. The van der Waals surface area contributed by atoms with Crippen LogP contribution in [0.2, 0.25) is 0 Å². The molecule has 0 atom stereocenters. The van der Waals surface area contributed by atoms with Crippen molar-refractivity contribution in [3.05, 3.63) is 28.8 Å². The second-order valence-electron chi connectivity index (χ2n) is 6.28. The molecule has 0 bridgehead atoms. The van der Waals surface area contributed by atoms with Crippen LogP contribution in [-0.2, 0) is 11.8 Å². The molecule has 2 nitrogen and oxygen atoms in total. The van der Waals surface area contributed by atoms with Gasteiger partial charge in [0.25, 0.3) is 0 Å². The molecule has 1 saturated carbocycles. The zero-order chi connectivity index (χ0) is 13.5. The molecule has 1 N–H and O–H groups in total. The quantitative estimate of drug-likeness (QED) is 0.823. The van der Waals surface area contributed by atoms with Crippen molar-refractivity contribution in [1.29, 1.82) is 0 Å². The molecule has 1 aliphatic carbocycles. The first-order chi connectivity index (χ1) is 8.34. The predicted octanol–water partition coefficient (Wildman–Crippen LogP) is 3.84. The van der Waals surface area contributed by atoms with Crippen LogP contribution in [0.1, 0.15) is 62.0 Å². The number of carbonyl (C=O) groups is 1. The lowest BCUT2D eigenvalue weighted by Gasteiger charge is -2.23. The van der Waals surface area contributed by atoms with Crippen molar-refractivity contribution in [3.8, 4) is 5.75 Å². The van der Waals surface area contributed by atoms with Crippen LogP contribution < -0.4 is 0 Å². The average Bonchev–Trinajstić information content (AvgIpc) is 3.10. The molecular formula is C16H22O2. The molecule has 2 rings (SSSR count). The number of ketones is 1. The van der Waals surface area contributed by atoms with Gasteiger partial charge in [-0.05, 0) is 36.3 Å². The summed E-state index contributed by atoms with van der Waals surface area (Å²) >= 11 is 0. The number of rotatable bonds is 3. The lowest BCUT2D eigenvalue weighted by Crippen LogP contribution is -2.14. The van der Waals surface area contributed by atoms with Crippen LogP contribution in [-0.4, -0.2) is 10.9 Å². The van der Waals surface area contributed by atoms with Gasteiger partial charge in [-0.25, -0.2) is 0 Å². The summed E-state index contributed by atoms with van der Waals surface area (Å²) in [5.74, 6) is 0.459. The van der Waals surface area contributed by atoms with Crippen LogP contribution in [0.5, 0.6) is 5.75 Å². The van der Waals surface area contributed by atoms with Gasteiger partial charge >= 0.3 is 0 Å². The van der Waals surface area contributed by atoms with Crippen LogP contribution in [0, 0.1) is 5.92 Å². The van der Waals surface area contributed by atoms with Gasteiger partial charge in [0, 0.05) is 11.5 Å². The van der Waals surface area contributed by atoms with E-state index in [-0.39, 0.29) is 22.9 Å². The maximum absolute atomic E-state index is 12.2. The first kappa shape index (κ1) is 13.1. The van der Waals surface area contributed by atoms with Crippen molar-refractivity contribution in [1.82, 2.24) is 0 Å². The Bertz CT molecular complexity index is 477. The van der Waals surface area contributed by atoms with E-state index in [9.17, 15) is 9.90 Å². The summed E-state index contributed by atoms with van der Waals surface area (Å²) in [5, 5.41) is 10.4. The van der Waals surface area contributed by atoms with Gasteiger partial charge in [0.2, 0.25) is 0 Å². The van der Waals surface area contributed by atoms with Crippen LogP contribution in [0.25, 0.3) is 0 Å². The summed E-state index contributed by atoms with van der Waals surface area (Å²) in [4.78, 5) is 12.2. The van der Waals surface area contributed by atoms with E-state index in [0.29, 0.717) is 5.56 Å². The van der Waals surface area contributed by atoms with Crippen molar-refractivity contribution in [2.24, 2.45) is 5.92 Å². The molecule has 1 aliphatic rings. The molecular weight excluding hydrogens is 224 g/mol. The van der Waals surface area contributed by atoms with Gasteiger partial charge in [0.1, 0.15) is 5.75 Å². The molecule has 0 heterocycles. The number of carbonyl (C=O) groups excluding carboxylic acids is 1. The van der Waals surface area contributed by atoms with Gasteiger partial charge in [-0.15, -0.1) is 0 Å². The third kappa shape index (κ3) is 2.43. The zero-order valence-electron chi connectivity index (χ0n) is 11.7. The third-order valence-corrected chi connectivity index (χ3v) is 3.60. The molecule has 0 aliphatic heterocycles. The fourth-order valence-electron chi connectivity index (χ4n) is 2.22. The van der Waals surface area contributed by atoms with E-state index in [2.05, 4.69) is 27.7 Å². The normalized spacial score (nSPS) is 15.8. The van der Waals surface area contributed by atoms with E-state index in [1.54, 1.807) is 0 Å². The van der Waals surface area contributed by atoms with E-state index in [0.717, 1.165) is 30.4 Å². The highest BCUT2D eigenvalue weighted by Crippen LogP contribution is 2.39. The summed E-state index contributed by atoms with van der Waals surface area (Å²) in [6.07, 6.45) is 2.83. The third-order valence-electron chi connectivity index (χ3n) is 3.60. The minimum Gasteiger partial charge on any atom is -0.507 e. The Morgan fingerprint density at radius 1 is 1.33 bits per heavy atom. The van der Waals surface area contributed by atoms with Crippen LogP contribution in [0.3, 0.4) is 0 Å². The van der Waals surface area contributed by atoms with Crippen LogP contribution in [0.4, 0.5) is 0 Å². The Kier molecular flexibility index (Phi) is 3.22. The predicted molar refractivity (Wildman–Crippen MR) is 73.2 cm³/mol. The number of phenolic OH excluding ortho intramolecular Hbond substituents is 1. The van der Waals surface area contributed by atoms with Crippen molar-refractivity contribution in [3.63, 3.8) is 0 Å². The number of hydrogen-bond donors (Lipinski definition) is 1. The first-order valence-electron chi connectivity index (χ1n) is 6.75. The Morgan fingerprint density at radius 2 is 1.94 bits per heavy atom. The van der Waals surface area contributed by atoms with E-state index in [1.165, 1.54) is 0 Å². The number of Topliss-reactive ketones (excluding diaryl/α,β-unsaturated/α-hetero) is 1. The molecule has 0 aromatic heterocycles. The van der Waals surface area contributed by atoms with Crippen molar-refractivity contribution in [2.75, 3.05) is 0 Å². The van der Waals surface area contributed by atoms with Gasteiger partial charge in [-0.3, -0.25) is 4.79 Å². The molecule has 18 heavy (non-hydrogen) atoms. The molecule has 0 radical (unpaired) electrons. The van der Waals surface area contributed by atoms with Gasteiger partial charge < -0.3 is 5.11 Å². The summed E-state index contributed by atoms with van der Waals surface area (Å²) < 4.78 is 0. The topological polar surface area (TPSA) is 37.3 Å². The van der Waals surface area contributed by atoms with E-state index < -0.39 is 0 Å². The maximum atomic E-state index is 12.2. The van der Waals surface area contributed by atoms with E-state index in [1.807, 2.05) is 12.1 Å². The fraction of sp³-hybridized carbons (Fsp3) is 0.562. The fourth-order valence-corrected chi connectivity index (χ4v) is 2.22. The smallest absolute Gasteiger partial charge is 0.169 e. The minimum absolute atomic E-state index is 0.119. The Hall–Kier alpha value is -1.31. The minimum atomic E-state index is -0.145. The molecule has 1 aromatic carbocycles. The second kappa shape index (κ2) is 4.42. The number of phenols is 1. The van der Waals surface area contributed by atoms with Crippen LogP contribution >= 0.6 is 0 Å². The van der Waals surface area contributed by atoms with Gasteiger partial charge in [-0.2, -0.15) is 0 Å². The standard InChI is InChI=1S/C16H22O2/c1-5-10-8-12(14(17)11-6-7-11)15(18)13(9-10)16(2,3)4/h8-9,11,18H,5-7H2,1-4H3. The number of aryl methyl sites for hydroxylation is 1. The molecule has 0 spiro atoms. The Morgan fingerprint density at radius 3 is 2.39 bits per heavy atom. The van der Waals surface area contributed by atoms with E-state index in [4.69, 9.17) is 0 Å². The van der Waals surface area contributed by atoms with Crippen molar-refractivity contribution < 1.29 is 9.90 Å². The monoisotopic (exact) mass is 246 g/mol. The molecule has 1 aromatic rings. The number of aromatic hydroxyl groups is 1. The largest absolute Gasteiger partial charge is 0.507 e. The molecule has 0 saturated heterocycles. The van der Waals surface area contributed by atoms with E-state index >= 15 is 0 Å². The summed E-state index contributed by atoms with van der Waals surface area (Å²) in [7, 11) is 0. The van der Waals surface area contributed by atoms with Gasteiger partial charge in [0.15, 0.2) is 5.78 Å². The second-order valence-corrected chi connectivity index (χ2v) is 6.28. The van der Waals surface area contributed by atoms with Gasteiger partial charge in [0.05, 0.1) is 5.56 Å². The summed E-state index contributed by atoms with van der Waals surface area (Å²) in [5.41, 5.74) is 2.39. The highest BCUT2D eigenvalue weighted by Gasteiger charge is 2.33. The maximum Gasteiger partial charge on any atom is 0.169 e. The van der Waals surface area contributed by atoms with Gasteiger partial charge in [-0.1, -0.05) is 33.8 Å². The molecule has 0 unspecified atom stereocenters. The zero-order valence-corrected chi connectivity index (χ0v) is 11.7. The first-order valence-corrected chi connectivity index (χ1v) is 6.75. The number of hydrogen-bond acceptors (Lipinski definition) is 2. The Labute approximate surface area is 109 Å². The number of benzene rings is 1. The molecule has 0 amide bonds. The SMILES string of the molecule is CCc1cc(C(=O)C2CC2)c(O)c(C(C)(C)C)c1. The molecule has 1 fully saturated rings. The molecule has 98 valence electrons.